The van der Waals surface area contributed by atoms with Crippen molar-refractivity contribution >= 4 is 0 Å². The van der Waals surface area contributed by atoms with Crippen LogP contribution >= 0.6 is 0 Å². The van der Waals surface area contributed by atoms with E-state index in [2.05, 4.69) is 10.4 Å². The zero-order chi connectivity index (χ0) is 12.2. The molecule has 3 N–H and O–H groups in total. The zero-order valence-electron chi connectivity index (χ0n) is 10.2. The molecule has 0 radical (unpaired) electrons. The van der Waals surface area contributed by atoms with Gasteiger partial charge in [0.1, 0.15) is 0 Å². The van der Waals surface area contributed by atoms with Gasteiger partial charge in [-0.05, 0) is 26.8 Å². The highest BCUT2D eigenvalue weighted by Crippen LogP contribution is 2.04. The van der Waals surface area contributed by atoms with Gasteiger partial charge >= 0.3 is 0 Å². The monoisotopic (exact) mass is 227 g/mol. The third kappa shape index (κ3) is 3.59. The topological polar surface area (TPSA) is 70.3 Å². The number of nitrogens with zero attached hydrogens (tertiary/aromatic N) is 2. The largest absolute Gasteiger partial charge is 0.393 e. The van der Waals surface area contributed by atoms with E-state index in [1.54, 1.807) is 6.92 Å². The van der Waals surface area contributed by atoms with Crippen LogP contribution in [0.1, 0.15) is 25.2 Å². The van der Waals surface area contributed by atoms with Crippen molar-refractivity contribution in [1.82, 2.24) is 15.1 Å². The van der Waals surface area contributed by atoms with Crippen molar-refractivity contribution in [2.45, 2.75) is 39.5 Å². The molecule has 0 bridgehead atoms. The molecule has 1 rings (SSSR count). The molecule has 0 saturated heterocycles. The second kappa shape index (κ2) is 5.43. The van der Waals surface area contributed by atoms with Crippen LogP contribution in [0.25, 0.3) is 0 Å². The van der Waals surface area contributed by atoms with Gasteiger partial charge in [-0.15, -0.1) is 0 Å². The highest BCUT2D eigenvalue weighted by molar-refractivity contribution is 5.08. The zero-order valence-corrected chi connectivity index (χ0v) is 10.2. The van der Waals surface area contributed by atoms with E-state index in [1.807, 2.05) is 24.6 Å². The molecule has 0 spiro atoms. The van der Waals surface area contributed by atoms with Gasteiger partial charge in [-0.2, -0.15) is 5.10 Å². The number of hydrogen-bond donors (Lipinski definition) is 3. The summed E-state index contributed by atoms with van der Waals surface area (Å²) in [5, 5.41) is 25.9. The lowest BCUT2D eigenvalue weighted by Gasteiger charge is -2.20. The molecule has 1 unspecified atom stereocenters. The SMILES string of the molecule is CCn1nc(C)cc1CNCC(C)(O)CO. The summed E-state index contributed by atoms with van der Waals surface area (Å²) >= 11 is 0. The van der Waals surface area contributed by atoms with Crippen LogP contribution in [0.15, 0.2) is 6.07 Å². The first-order valence-electron chi connectivity index (χ1n) is 5.56. The molecule has 0 aliphatic rings. The summed E-state index contributed by atoms with van der Waals surface area (Å²) in [6.07, 6.45) is 0. The standard InChI is InChI=1S/C11H21N3O2/c1-4-14-10(5-9(2)13-14)6-12-7-11(3,16)8-15/h5,12,15-16H,4,6-8H2,1-3H3. The summed E-state index contributed by atoms with van der Waals surface area (Å²) in [5.74, 6) is 0. The van der Waals surface area contributed by atoms with Gasteiger partial charge in [-0.25, -0.2) is 0 Å². The molecule has 0 saturated carbocycles. The molecular weight excluding hydrogens is 206 g/mol. The molecule has 92 valence electrons. The lowest BCUT2D eigenvalue weighted by Crippen LogP contribution is -2.40. The fourth-order valence-corrected chi connectivity index (χ4v) is 1.53. The Morgan fingerprint density at radius 2 is 2.25 bits per heavy atom. The number of nitrogens with one attached hydrogen (secondary N) is 1. The molecule has 1 heterocycles. The predicted molar refractivity (Wildman–Crippen MR) is 62.1 cm³/mol. The second-order valence-electron chi connectivity index (χ2n) is 4.35. The Labute approximate surface area is 96.1 Å². The van der Waals surface area contributed by atoms with Gasteiger partial charge in [0.2, 0.25) is 0 Å². The summed E-state index contributed by atoms with van der Waals surface area (Å²) in [4.78, 5) is 0. The van der Waals surface area contributed by atoms with Crippen molar-refractivity contribution in [2.24, 2.45) is 0 Å². The number of aliphatic hydroxyl groups excluding tert-OH is 1. The molecule has 5 nitrogen and oxygen atoms in total. The number of hydrogen-bond acceptors (Lipinski definition) is 4. The van der Waals surface area contributed by atoms with E-state index >= 15 is 0 Å². The van der Waals surface area contributed by atoms with Crippen LogP contribution in [0, 0.1) is 6.92 Å². The highest BCUT2D eigenvalue weighted by Gasteiger charge is 2.18. The molecule has 1 atom stereocenters. The molecular formula is C11H21N3O2. The Balaban J connectivity index is 2.48. The van der Waals surface area contributed by atoms with Crippen LogP contribution < -0.4 is 5.32 Å². The minimum absolute atomic E-state index is 0.244. The maximum Gasteiger partial charge on any atom is 0.0972 e. The summed E-state index contributed by atoms with van der Waals surface area (Å²) in [7, 11) is 0. The number of rotatable bonds is 6. The second-order valence-corrected chi connectivity index (χ2v) is 4.35. The van der Waals surface area contributed by atoms with Crippen molar-refractivity contribution in [3.05, 3.63) is 17.5 Å². The Hall–Kier alpha value is -0.910. The Kier molecular flexibility index (Phi) is 4.46. The average Bonchev–Trinajstić information content (AvgIpc) is 2.59. The average molecular weight is 227 g/mol. The van der Waals surface area contributed by atoms with Crippen molar-refractivity contribution in [3.8, 4) is 0 Å². The van der Waals surface area contributed by atoms with Crippen molar-refractivity contribution in [3.63, 3.8) is 0 Å². The van der Waals surface area contributed by atoms with Crippen molar-refractivity contribution < 1.29 is 10.2 Å². The minimum Gasteiger partial charge on any atom is -0.393 e. The first kappa shape index (κ1) is 13.2. The van der Waals surface area contributed by atoms with Crippen LogP contribution in [0.3, 0.4) is 0 Å². The fraction of sp³-hybridized carbons (Fsp3) is 0.727. The van der Waals surface area contributed by atoms with Gasteiger partial charge in [-0.3, -0.25) is 4.68 Å². The van der Waals surface area contributed by atoms with Crippen LogP contribution in [0.5, 0.6) is 0 Å². The highest BCUT2D eigenvalue weighted by atomic mass is 16.3. The normalized spacial score (nSPS) is 15.1. The van der Waals surface area contributed by atoms with E-state index in [-0.39, 0.29) is 6.61 Å². The fourth-order valence-electron chi connectivity index (χ4n) is 1.53. The third-order valence-corrected chi connectivity index (χ3v) is 2.44. The maximum atomic E-state index is 9.60. The summed E-state index contributed by atoms with van der Waals surface area (Å²) in [5.41, 5.74) is 1.02. The molecule has 0 aliphatic heterocycles. The van der Waals surface area contributed by atoms with Gasteiger partial charge in [0.25, 0.3) is 0 Å². The Bertz CT molecular complexity index is 334. The molecule has 0 aliphatic carbocycles. The molecule has 1 aromatic heterocycles. The minimum atomic E-state index is -1.06. The lowest BCUT2D eigenvalue weighted by atomic mass is 10.1. The predicted octanol–water partition coefficient (Wildman–Crippen LogP) is 0.0443. The van der Waals surface area contributed by atoms with Gasteiger partial charge in [0.15, 0.2) is 0 Å². The van der Waals surface area contributed by atoms with Gasteiger partial charge in [0.05, 0.1) is 23.6 Å². The first-order chi connectivity index (χ1) is 7.48. The van der Waals surface area contributed by atoms with E-state index in [9.17, 15) is 5.11 Å². The van der Waals surface area contributed by atoms with E-state index < -0.39 is 5.60 Å². The van der Waals surface area contributed by atoms with E-state index in [0.717, 1.165) is 17.9 Å². The number of aryl methyl sites for hydroxylation is 2. The quantitative estimate of drug-likeness (QED) is 0.642. The van der Waals surface area contributed by atoms with Gasteiger partial charge in [-0.1, -0.05) is 0 Å². The van der Waals surface area contributed by atoms with E-state index in [1.165, 1.54) is 0 Å². The molecule has 0 amide bonds. The van der Waals surface area contributed by atoms with E-state index in [4.69, 9.17) is 5.11 Å². The molecule has 0 fully saturated rings. The smallest absolute Gasteiger partial charge is 0.0972 e. The van der Waals surface area contributed by atoms with Gasteiger partial charge in [0, 0.05) is 19.6 Å². The van der Waals surface area contributed by atoms with Crippen LogP contribution in [-0.2, 0) is 13.1 Å². The van der Waals surface area contributed by atoms with Crippen molar-refractivity contribution in [2.75, 3.05) is 13.2 Å². The Morgan fingerprint density at radius 3 is 2.81 bits per heavy atom. The van der Waals surface area contributed by atoms with Crippen LogP contribution in [0.2, 0.25) is 0 Å². The van der Waals surface area contributed by atoms with Crippen molar-refractivity contribution in [1.29, 1.82) is 0 Å². The molecule has 5 heteroatoms. The third-order valence-electron chi connectivity index (χ3n) is 2.44. The van der Waals surface area contributed by atoms with Crippen LogP contribution in [-0.4, -0.2) is 38.7 Å². The molecule has 1 aromatic rings. The number of aliphatic hydroxyl groups is 2. The number of aromatic nitrogens is 2. The van der Waals surface area contributed by atoms with E-state index in [0.29, 0.717) is 13.1 Å². The summed E-state index contributed by atoms with van der Waals surface area (Å²) in [6, 6.07) is 2.02. The maximum absolute atomic E-state index is 9.60. The molecule has 16 heavy (non-hydrogen) atoms. The molecule has 0 aromatic carbocycles. The van der Waals surface area contributed by atoms with Gasteiger partial charge < -0.3 is 15.5 Å². The summed E-state index contributed by atoms with van der Waals surface area (Å²) in [6.45, 7) is 7.19. The summed E-state index contributed by atoms with van der Waals surface area (Å²) < 4.78 is 1.93. The first-order valence-corrected chi connectivity index (χ1v) is 5.56. The Morgan fingerprint density at radius 1 is 1.56 bits per heavy atom. The lowest BCUT2D eigenvalue weighted by molar-refractivity contribution is 0.00243. The van der Waals surface area contributed by atoms with Crippen LogP contribution in [0.4, 0.5) is 0 Å².